The van der Waals surface area contributed by atoms with Crippen LogP contribution in [-0.4, -0.2) is 42.9 Å². The Balaban J connectivity index is 2.21. The first-order valence-corrected chi connectivity index (χ1v) is 7.57. The van der Waals surface area contributed by atoms with Crippen molar-refractivity contribution in [3.63, 3.8) is 0 Å². The topological polar surface area (TPSA) is 51.2 Å². The Labute approximate surface area is 122 Å². The van der Waals surface area contributed by atoms with Crippen molar-refractivity contribution >= 4 is 0 Å². The Morgan fingerprint density at radius 3 is 2.40 bits per heavy atom. The number of aliphatic hydroxyl groups is 1. The number of hydrogen-bond donors (Lipinski definition) is 1. The number of aliphatic hydroxyl groups excluding tert-OH is 1. The van der Waals surface area contributed by atoms with E-state index in [0.29, 0.717) is 19.6 Å². The van der Waals surface area contributed by atoms with E-state index in [2.05, 4.69) is 18.2 Å². The van der Waals surface area contributed by atoms with Gasteiger partial charge in [0.05, 0.1) is 6.10 Å². The summed E-state index contributed by atoms with van der Waals surface area (Å²) in [6.45, 7) is 7.03. The first-order valence-electron chi connectivity index (χ1n) is 7.57. The van der Waals surface area contributed by atoms with Crippen LogP contribution in [-0.2, 0) is 14.2 Å². The smallest absolute Gasteiger partial charge is 0.186 e. The van der Waals surface area contributed by atoms with E-state index >= 15 is 0 Å². The van der Waals surface area contributed by atoms with Crippen LogP contribution >= 0.6 is 0 Å². The monoisotopic (exact) mass is 284 g/mol. The minimum absolute atomic E-state index is 0.128. The van der Waals surface area contributed by atoms with Gasteiger partial charge in [-0.05, 0) is 40.0 Å². The predicted molar refractivity (Wildman–Crippen MR) is 79.5 cm³/mol. The molecule has 116 valence electrons. The maximum absolute atomic E-state index is 10.1. The van der Waals surface area contributed by atoms with Gasteiger partial charge in [-0.25, -0.2) is 0 Å². The van der Waals surface area contributed by atoms with Crippen LogP contribution in [0.3, 0.4) is 0 Å². The maximum Gasteiger partial charge on any atom is 0.186 e. The molecule has 0 spiro atoms. The molecule has 4 heteroatoms. The van der Waals surface area contributed by atoms with Gasteiger partial charge in [0.2, 0.25) is 0 Å². The summed E-state index contributed by atoms with van der Waals surface area (Å²) in [5.74, 6) is 0. The molecule has 20 heavy (non-hydrogen) atoms. The van der Waals surface area contributed by atoms with Gasteiger partial charge < -0.3 is 19.3 Å². The molecular weight excluding hydrogens is 256 g/mol. The number of epoxide rings is 1. The van der Waals surface area contributed by atoms with E-state index in [4.69, 9.17) is 14.2 Å². The average molecular weight is 284 g/mol. The fourth-order valence-corrected chi connectivity index (χ4v) is 2.09. The Morgan fingerprint density at radius 2 is 1.80 bits per heavy atom. The van der Waals surface area contributed by atoms with Crippen LogP contribution in [0.1, 0.15) is 40.0 Å². The second-order valence-electron chi connectivity index (χ2n) is 4.77. The molecule has 0 amide bonds. The molecule has 1 aliphatic heterocycles. The highest BCUT2D eigenvalue weighted by Crippen LogP contribution is 2.32. The quantitative estimate of drug-likeness (QED) is 0.360. The maximum atomic E-state index is 10.1. The molecule has 0 radical (unpaired) electrons. The van der Waals surface area contributed by atoms with Crippen LogP contribution < -0.4 is 0 Å². The fraction of sp³-hybridized carbons (Fsp3) is 0.750. The van der Waals surface area contributed by atoms with E-state index in [0.717, 1.165) is 12.8 Å². The van der Waals surface area contributed by atoms with Crippen molar-refractivity contribution in [2.75, 3.05) is 13.2 Å². The minimum Gasteiger partial charge on any atom is -0.390 e. The summed E-state index contributed by atoms with van der Waals surface area (Å²) in [5.41, 5.74) is 0. The van der Waals surface area contributed by atoms with E-state index < -0.39 is 6.10 Å². The van der Waals surface area contributed by atoms with Gasteiger partial charge in [0.25, 0.3) is 0 Å². The Kier molecular flexibility index (Phi) is 8.78. The van der Waals surface area contributed by atoms with Gasteiger partial charge in [0, 0.05) is 13.2 Å². The average Bonchev–Trinajstić information content (AvgIpc) is 3.22. The lowest BCUT2D eigenvalue weighted by Crippen LogP contribution is -2.28. The lowest BCUT2D eigenvalue weighted by atomic mass is 10.1. The highest BCUT2D eigenvalue weighted by atomic mass is 16.7. The Bertz CT molecular complexity index is 295. The van der Waals surface area contributed by atoms with Gasteiger partial charge in [-0.1, -0.05) is 24.3 Å². The number of ether oxygens (including phenoxy) is 3. The molecule has 4 nitrogen and oxygen atoms in total. The van der Waals surface area contributed by atoms with Crippen LogP contribution in [0, 0.1) is 0 Å². The van der Waals surface area contributed by atoms with Crippen LogP contribution in [0.4, 0.5) is 0 Å². The molecule has 1 saturated heterocycles. The molecule has 0 bridgehead atoms. The molecule has 0 aromatic heterocycles. The summed E-state index contributed by atoms with van der Waals surface area (Å²) < 4.78 is 16.5. The SMILES string of the molecule is C/C=C/C/C=C/CC[C@@H](O)[C@H]1O[C@H]1C(OCC)OCC. The number of rotatable bonds is 11. The molecule has 1 heterocycles. The standard InChI is InChI=1S/C16H28O4/c1-4-7-8-9-10-11-12-13(17)14-15(20-14)16(18-5-2)19-6-3/h4,7,9-10,13-17H,5-6,8,11-12H2,1-3H3/b7-4+,10-9+/t13-,14-,15-/m1/s1. The molecular formula is C16H28O4. The first-order chi connectivity index (χ1) is 9.74. The van der Waals surface area contributed by atoms with Crippen molar-refractivity contribution in [2.24, 2.45) is 0 Å². The fourth-order valence-electron chi connectivity index (χ4n) is 2.09. The molecule has 0 aromatic carbocycles. The normalized spacial score (nSPS) is 24.1. The van der Waals surface area contributed by atoms with Crippen molar-refractivity contribution in [3.05, 3.63) is 24.3 Å². The molecule has 0 saturated carbocycles. The highest BCUT2D eigenvalue weighted by Gasteiger charge is 2.50. The van der Waals surface area contributed by atoms with Crippen molar-refractivity contribution in [2.45, 2.75) is 64.6 Å². The van der Waals surface area contributed by atoms with Crippen molar-refractivity contribution in [3.8, 4) is 0 Å². The number of hydrogen-bond acceptors (Lipinski definition) is 4. The summed E-state index contributed by atoms with van der Waals surface area (Å²) in [5, 5.41) is 10.1. The second kappa shape index (κ2) is 10.1. The van der Waals surface area contributed by atoms with E-state index in [1.165, 1.54) is 0 Å². The summed E-state index contributed by atoms with van der Waals surface area (Å²) >= 11 is 0. The van der Waals surface area contributed by atoms with Crippen LogP contribution in [0.2, 0.25) is 0 Å². The zero-order valence-corrected chi connectivity index (χ0v) is 12.8. The van der Waals surface area contributed by atoms with E-state index in [1.54, 1.807) is 0 Å². The van der Waals surface area contributed by atoms with E-state index in [1.807, 2.05) is 26.8 Å². The van der Waals surface area contributed by atoms with Crippen LogP contribution in [0.5, 0.6) is 0 Å². The van der Waals surface area contributed by atoms with Crippen molar-refractivity contribution in [1.82, 2.24) is 0 Å². The molecule has 0 unspecified atom stereocenters. The lowest BCUT2D eigenvalue weighted by Gasteiger charge is -2.15. The highest BCUT2D eigenvalue weighted by molar-refractivity contribution is 4.96. The van der Waals surface area contributed by atoms with Crippen molar-refractivity contribution < 1.29 is 19.3 Å². The van der Waals surface area contributed by atoms with E-state index in [9.17, 15) is 5.11 Å². The van der Waals surface area contributed by atoms with Crippen LogP contribution in [0.15, 0.2) is 24.3 Å². The van der Waals surface area contributed by atoms with Gasteiger partial charge in [-0.3, -0.25) is 0 Å². The zero-order valence-electron chi connectivity index (χ0n) is 12.8. The van der Waals surface area contributed by atoms with Gasteiger partial charge in [-0.2, -0.15) is 0 Å². The molecule has 0 aromatic rings. The van der Waals surface area contributed by atoms with Crippen LogP contribution in [0.25, 0.3) is 0 Å². The lowest BCUT2D eigenvalue weighted by molar-refractivity contribution is -0.147. The number of allylic oxidation sites excluding steroid dienone is 4. The van der Waals surface area contributed by atoms with Gasteiger partial charge in [0.1, 0.15) is 12.2 Å². The third-order valence-corrected chi connectivity index (χ3v) is 3.17. The summed E-state index contributed by atoms with van der Waals surface area (Å²) in [6, 6.07) is 0. The van der Waals surface area contributed by atoms with Gasteiger partial charge >= 0.3 is 0 Å². The third kappa shape index (κ3) is 6.18. The largest absolute Gasteiger partial charge is 0.390 e. The molecule has 1 N–H and O–H groups in total. The van der Waals surface area contributed by atoms with Crippen molar-refractivity contribution in [1.29, 1.82) is 0 Å². The Hall–Kier alpha value is -0.680. The predicted octanol–water partition coefficient (Wildman–Crippen LogP) is 2.82. The Morgan fingerprint density at radius 1 is 1.10 bits per heavy atom. The first kappa shape index (κ1) is 17.4. The molecule has 1 rings (SSSR count). The molecule has 1 aliphatic rings. The van der Waals surface area contributed by atoms with Gasteiger partial charge in [0.15, 0.2) is 6.29 Å². The molecule has 0 aliphatic carbocycles. The van der Waals surface area contributed by atoms with E-state index in [-0.39, 0.29) is 18.5 Å². The summed E-state index contributed by atoms with van der Waals surface area (Å²) in [7, 11) is 0. The summed E-state index contributed by atoms with van der Waals surface area (Å²) in [6.07, 6.45) is 9.78. The van der Waals surface area contributed by atoms with Gasteiger partial charge in [-0.15, -0.1) is 0 Å². The molecule has 3 atom stereocenters. The zero-order chi connectivity index (χ0) is 14.8. The molecule has 1 fully saturated rings. The minimum atomic E-state index is -0.449. The summed E-state index contributed by atoms with van der Waals surface area (Å²) in [4.78, 5) is 0. The second-order valence-corrected chi connectivity index (χ2v) is 4.77. The third-order valence-electron chi connectivity index (χ3n) is 3.17.